The molecule has 2 amide bonds. The standard InChI is InChI=1S/2C20H23NO7S/c2*1-29(24,25)28-18(12-19(22)26-14-16-8-4-2-5-9-16)13-21-20(23)27-15-17-10-6-3-7-11-17/h2*2-11,18H,12-15H2,1H3,(H,21,23). The Labute approximate surface area is 338 Å². The van der Waals surface area contributed by atoms with Gasteiger partial charge in [0.15, 0.2) is 0 Å². The summed E-state index contributed by atoms with van der Waals surface area (Å²) in [6.07, 6.45) is -2.71. The molecule has 4 rings (SSSR count). The summed E-state index contributed by atoms with van der Waals surface area (Å²) in [5.74, 6) is -1.30. The number of carbonyl (C=O) groups excluding carboxylic acids is 4. The van der Waals surface area contributed by atoms with E-state index in [0.29, 0.717) is 0 Å². The second-order valence-corrected chi connectivity index (χ2v) is 15.6. The second kappa shape index (κ2) is 24.7. The lowest BCUT2D eigenvalue weighted by Crippen LogP contribution is -2.36. The first kappa shape index (κ1) is 46.6. The van der Waals surface area contributed by atoms with E-state index < -0.39 is 56.6 Å². The first-order chi connectivity index (χ1) is 27.6. The van der Waals surface area contributed by atoms with Gasteiger partial charge in [-0.25, -0.2) is 9.59 Å². The summed E-state index contributed by atoms with van der Waals surface area (Å²) in [6.45, 7) is -0.245. The van der Waals surface area contributed by atoms with E-state index >= 15 is 0 Å². The highest BCUT2D eigenvalue weighted by molar-refractivity contribution is 7.86. The van der Waals surface area contributed by atoms with Gasteiger partial charge in [0.2, 0.25) is 0 Å². The summed E-state index contributed by atoms with van der Waals surface area (Å²) in [5, 5.41) is 4.79. The van der Waals surface area contributed by atoms with Crippen LogP contribution in [0.15, 0.2) is 121 Å². The van der Waals surface area contributed by atoms with Gasteiger partial charge in [-0.1, -0.05) is 121 Å². The van der Waals surface area contributed by atoms with Crippen molar-refractivity contribution in [2.45, 2.75) is 51.5 Å². The first-order valence-electron chi connectivity index (χ1n) is 17.7. The van der Waals surface area contributed by atoms with Crippen molar-refractivity contribution in [3.05, 3.63) is 144 Å². The van der Waals surface area contributed by atoms with Crippen LogP contribution in [0.2, 0.25) is 0 Å². The average Bonchev–Trinajstić information content (AvgIpc) is 3.19. The summed E-state index contributed by atoms with van der Waals surface area (Å²) in [4.78, 5) is 47.7. The van der Waals surface area contributed by atoms with Crippen molar-refractivity contribution in [2.24, 2.45) is 0 Å². The maximum atomic E-state index is 12.0. The number of esters is 2. The van der Waals surface area contributed by atoms with Crippen LogP contribution in [0.4, 0.5) is 9.59 Å². The molecule has 2 N–H and O–H groups in total. The number of rotatable bonds is 20. The SMILES string of the molecule is CS(=O)(=O)OC(CNC(=O)OCc1ccccc1)CC(=O)OCc1ccccc1.CS(=O)(=O)OC(CNC(=O)OCc1ccccc1)CC(=O)OCc1ccccc1. The molecule has 16 nitrogen and oxygen atoms in total. The molecule has 0 radical (unpaired) electrons. The fraction of sp³-hybridized carbons (Fsp3) is 0.300. The molecule has 0 saturated heterocycles. The molecule has 0 saturated carbocycles. The Morgan fingerprint density at radius 1 is 0.448 bits per heavy atom. The monoisotopic (exact) mass is 842 g/mol. The zero-order chi connectivity index (χ0) is 42.2. The second-order valence-electron chi connectivity index (χ2n) is 12.4. The van der Waals surface area contributed by atoms with Gasteiger partial charge in [-0.3, -0.25) is 18.0 Å². The Morgan fingerprint density at radius 3 is 0.966 bits per heavy atom. The molecule has 0 aromatic heterocycles. The molecule has 2 atom stereocenters. The molecule has 0 fully saturated rings. The first-order valence-corrected chi connectivity index (χ1v) is 21.3. The maximum Gasteiger partial charge on any atom is 0.407 e. The molecule has 0 aliphatic rings. The lowest BCUT2D eigenvalue weighted by molar-refractivity contribution is -0.147. The molecule has 0 aliphatic carbocycles. The van der Waals surface area contributed by atoms with E-state index in [4.69, 9.17) is 27.3 Å². The van der Waals surface area contributed by atoms with E-state index in [1.165, 1.54) is 0 Å². The minimum absolute atomic E-state index is 0.0534. The highest BCUT2D eigenvalue weighted by Gasteiger charge is 2.23. The summed E-state index contributed by atoms with van der Waals surface area (Å²) in [7, 11) is -7.68. The van der Waals surface area contributed by atoms with Gasteiger partial charge in [-0.2, -0.15) is 16.8 Å². The summed E-state index contributed by atoms with van der Waals surface area (Å²) in [5.41, 5.74) is 3.19. The van der Waals surface area contributed by atoms with E-state index in [1.54, 1.807) is 48.5 Å². The largest absolute Gasteiger partial charge is 0.461 e. The van der Waals surface area contributed by atoms with Crippen LogP contribution in [0, 0.1) is 0 Å². The zero-order valence-electron chi connectivity index (χ0n) is 31.9. The quantitative estimate of drug-likeness (QED) is 0.0696. The van der Waals surface area contributed by atoms with Gasteiger partial charge in [-0.05, 0) is 22.3 Å². The van der Waals surface area contributed by atoms with Gasteiger partial charge >= 0.3 is 24.1 Å². The summed E-state index contributed by atoms with van der Waals surface area (Å²) >= 11 is 0. The Kier molecular flexibility index (Phi) is 19.9. The Morgan fingerprint density at radius 2 is 0.707 bits per heavy atom. The van der Waals surface area contributed by atoms with Crippen molar-refractivity contribution in [1.29, 1.82) is 0 Å². The van der Waals surface area contributed by atoms with Crippen LogP contribution in [-0.2, 0) is 83.6 Å². The Balaban J connectivity index is 0.000000310. The van der Waals surface area contributed by atoms with Crippen molar-refractivity contribution in [3.63, 3.8) is 0 Å². The van der Waals surface area contributed by atoms with E-state index in [1.807, 2.05) is 72.8 Å². The van der Waals surface area contributed by atoms with E-state index in [9.17, 15) is 36.0 Å². The van der Waals surface area contributed by atoms with Gasteiger partial charge in [0, 0.05) is 13.1 Å². The number of amides is 2. The number of alkyl carbamates (subject to hydrolysis) is 2. The highest BCUT2D eigenvalue weighted by atomic mass is 32.2. The van der Waals surface area contributed by atoms with Crippen molar-refractivity contribution in [3.8, 4) is 0 Å². The normalized spacial score (nSPS) is 12.0. The van der Waals surface area contributed by atoms with Crippen molar-refractivity contribution in [1.82, 2.24) is 10.6 Å². The molecular weight excluding hydrogens is 797 g/mol. The van der Waals surface area contributed by atoms with Gasteiger partial charge in [0.25, 0.3) is 20.2 Å². The lowest BCUT2D eigenvalue weighted by atomic mass is 10.2. The summed E-state index contributed by atoms with van der Waals surface area (Å²) in [6, 6.07) is 36.2. The Hall–Kier alpha value is -5.82. The Bertz CT molecular complexity index is 1920. The van der Waals surface area contributed by atoms with Crippen LogP contribution in [0.1, 0.15) is 35.1 Å². The number of nitrogens with one attached hydrogen (secondary N) is 2. The maximum absolute atomic E-state index is 12.0. The molecule has 4 aromatic carbocycles. The minimum Gasteiger partial charge on any atom is -0.461 e. The molecule has 2 unspecified atom stereocenters. The predicted molar refractivity (Wildman–Crippen MR) is 210 cm³/mol. The third-order valence-electron chi connectivity index (χ3n) is 7.27. The third kappa shape index (κ3) is 22.1. The fourth-order valence-corrected chi connectivity index (χ4v) is 5.94. The van der Waals surface area contributed by atoms with Crippen LogP contribution in [0.25, 0.3) is 0 Å². The molecule has 0 heterocycles. The number of hydrogen-bond acceptors (Lipinski definition) is 14. The molecule has 58 heavy (non-hydrogen) atoms. The van der Waals surface area contributed by atoms with Crippen LogP contribution >= 0.6 is 0 Å². The van der Waals surface area contributed by atoms with Crippen molar-refractivity contribution < 1.29 is 63.3 Å². The van der Waals surface area contributed by atoms with Gasteiger partial charge < -0.3 is 29.6 Å². The fourth-order valence-electron chi connectivity index (χ4n) is 4.68. The van der Waals surface area contributed by atoms with Crippen LogP contribution in [-0.4, -0.2) is 78.8 Å². The average molecular weight is 843 g/mol. The molecule has 0 spiro atoms. The van der Waals surface area contributed by atoms with Crippen molar-refractivity contribution in [2.75, 3.05) is 25.6 Å². The molecule has 4 aromatic rings. The zero-order valence-corrected chi connectivity index (χ0v) is 33.5. The van der Waals surface area contributed by atoms with Crippen LogP contribution in [0.3, 0.4) is 0 Å². The lowest BCUT2D eigenvalue weighted by Gasteiger charge is -2.16. The summed E-state index contributed by atoms with van der Waals surface area (Å²) < 4.78 is 75.9. The minimum atomic E-state index is -3.84. The van der Waals surface area contributed by atoms with Gasteiger partial charge in [-0.15, -0.1) is 0 Å². The molecular formula is C40H46N2O14S2. The number of hydrogen-bond donors (Lipinski definition) is 2. The van der Waals surface area contributed by atoms with E-state index in [-0.39, 0.29) is 52.4 Å². The van der Waals surface area contributed by atoms with Crippen molar-refractivity contribution >= 4 is 44.4 Å². The van der Waals surface area contributed by atoms with Crippen LogP contribution in [0.5, 0.6) is 0 Å². The smallest absolute Gasteiger partial charge is 0.407 e. The van der Waals surface area contributed by atoms with Gasteiger partial charge in [0.05, 0.1) is 25.4 Å². The number of carbonyl (C=O) groups is 4. The molecule has 312 valence electrons. The predicted octanol–water partition coefficient (Wildman–Crippen LogP) is 4.78. The third-order valence-corrected chi connectivity index (χ3v) is 8.51. The number of ether oxygens (including phenoxy) is 4. The molecule has 0 bridgehead atoms. The van der Waals surface area contributed by atoms with Gasteiger partial charge in [0.1, 0.15) is 38.6 Å². The van der Waals surface area contributed by atoms with E-state index in [2.05, 4.69) is 10.6 Å². The van der Waals surface area contributed by atoms with Crippen LogP contribution < -0.4 is 10.6 Å². The number of benzene rings is 4. The topological polar surface area (TPSA) is 216 Å². The molecule has 18 heteroatoms. The van der Waals surface area contributed by atoms with E-state index in [0.717, 1.165) is 34.8 Å². The highest BCUT2D eigenvalue weighted by Crippen LogP contribution is 2.10. The molecule has 0 aliphatic heterocycles.